The molecule has 7 nitrogen and oxygen atoms in total. The second kappa shape index (κ2) is 10.6. The Kier molecular flexibility index (Phi) is 7.68. The minimum atomic E-state index is -0.928. The summed E-state index contributed by atoms with van der Waals surface area (Å²) in [6.45, 7) is 6.48. The van der Waals surface area contributed by atoms with Gasteiger partial charge in [0.05, 0.1) is 13.2 Å². The number of carbonyl (C=O) groups excluding carboxylic acids is 2. The van der Waals surface area contributed by atoms with E-state index in [0.717, 1.165) is 38.4 Å². The van der Waals surface area contributed by atoms with Crippen LogP contribution in [0.1, 0.15) is 19.4 Å². The van der Waals surface area contributed by atoms with Crippen molar-refractivity contribution in [1.29, 1.82) is 0 Å². The molecular formula is C23H28N2O5. The zero-order valence-corrected chi connectivity index (χ0v) is 17.4. The highest BCUT2D eigenvalue weighted by Gasteiger charge is 2.19. The molecule has 1 saturated heterocycles. The Hall–Kier alpha value is -3.06. The number of amides is 1. The summed E-state index contributed by atoms with van der Waals surface area (Å²) in [4.78, 5) is 26.5. The first-order valence-electron chi connectivity index (χ1n) is 10.2. The van der Waals surface area contributed by atoms with Crippen molar-refractivity contribution in [3.63, 3.8) is 0 Å². The summed E-state index contributed by atoms with van der Waals surface area (Å²) in [5.41, 5.74) is 2.92. The van der Waals surface area contributed by atoms with Crippen molar-refractivity contribution < 1.29 is 23.8 Å². The van der Waals surface area contributed by atoms with Gasteiger partial charge < -0.3 is 24.4 Å². The van der Waals surface area contributed by atoms with E-state index < -0.39 is 18.0 Å². The number of nitrogens with one attached hydrogen (secondary N) is 1. The lowest BCUT2D eigenvalue weighted by molar-refractivity contribution is -0.155. The molecule has 0 saturated carbocycles. The van der Waals surface area contributed by atoms with Crippen molar-refractivity contribution in [1.82, 2.24) is 0 Å². The number of nitrogens with zero attached hydrogens (tertiary/aromatic N) is 1. The molecule has 1 amide bonds. The fourth-order valence-corrected chi connectivity index (χ4v) is 3.07. The van der Waals surface area contributed by atoms with Crippen LogP contribution >= 0.6 is 0 Å². The van der Waals surface area contributed by atoms with Crippen molar-refractivity contribution in [2.45, 2.75) is 26.4 Å². The van der Waals surface area contributed by atoms with Crippen LogP contribution in [0.25, 0.3) is 0 Å². The summed E-state index contributed by atoms with van der Waals surface area (Å²) in [5.74, 6) is -0.406. The summed E-state index contributed by atoms with van der Waals surface area (Å²) in [6.07, 6.45) is 0.00715. The molecule has 0 radical (unpaired) electrons. The molecule has 1 heterocycles. The summed E-state index contributed by atoms with van der Waals surface area (Å²) in [5, 5.41) is 2.76. The van der Waals surface area contributed by atoms with Gasteiger partial charge in [0.15, 0.2) is 12.7 Å². The van der Waals surface area contributed by atoms with E-state index in [4.69, 9.17) is 14.2 Å². The molecule has 1 aliphatic rings. The summed E-state index contributed by atoms with van der Waals surface area (Å²) >= 11 is 0. The number of esters is 1. The Bertz CT molecular complexity index is 830. The monoisotopic (exact) mass is 412 g/mol. The average molecular weight is 412 g/mol. The third-order valence-corrected chi connectivity index (χ3v) is 4.88. The standard InChI is InChI=1S/C23H28N2O5/c1-3-18-4-10-21(11-5-18)29-16-22(26)30-17(2)23(27)24-19-6-8-20(9-7-19)25-12-14-28-15-13-25/h4-11,17H,3,12-16H2,1-2H3,(H,24,27)/t17-/m1/s1. The molecule has 1 aliphatic heterocycles. The van der Waals surface area contributed by atoms with Gasteiger partial charge in [-0.3, -0.25) is 4.79 Å². The minimum Gasteiger partial charge on any atom is -0.482 e. The molecule has 1 atom stereocenters. The van der Waals surface area contributed by atoms with Gasteiger partial charge in [-0.05, 0) is 55.3 Å². The van der Waals surface area contributed by atoms with E-state index >= 15 is 0 Å². The maximum atomic E-state index is 12.3. The molecule has 0 bridgehead atoms. The SMILES string of the molecule is CCc1ccc(OCC(=O)O[C@H](C)C(=O)Nc2ccc(N3CCOCC3)cc2)cc1. The maximum Gasteiger partial charge on any atom is 0.344 e. The summed E-state index contributed by atoms with van der Waals surface area (Å²) in [7, 11) is 0. The third kappa shape index (κ3) is 6.22. The van der Waals surface area contributed by atoms with E-state index in [0.29, 0.717) is 11.4 Å². The first-order valence-corrected chi connectivity index (χ1v) is 10.2. The highest BCUT2D eigenvalue weighted by atomic mass is 16.6. The Balaban J connectivity index is 1.43. The molecule has 2 aromatic rings. The Morgan fingerprint density at radius 2 is 1.73 bits per heavy atom. The maximum absolute atomic E-state index is 12.3. The van der Waals surface area contributed by atoms with E-state index in [9.17, 15) is 9.59 Å². The van der Waals surface area contributed by atoms with Crippen LogP contribution in [0.3, 0.4) is 0 Å². The second-order valence-corrected chi connectivity index (χ2v) is 7.05. The van der Waals surface area contributed by atoms with Crippen molar-refractivity contribution in [3.05, 3.63) is 54.1 Å². The van der Waals surface area contributed by atoms with Gasteiger partial charge >= 0.3 is 5.97 Å². The van der Waals surface area contributed by atoms with Gasteiger partial charge in [-0.25, -0.2) is 4.79 Å². The Labute approximate surface area is 176 Å². The van der Waals surface area contributed by atoms with Crippen LogP contribution in [0.4, 0.5) is 11.4 Å². The van der Waals surface area contributed by atoms with Crippen LogP contribution in [0.15, 0.2) is 48.5 Å². The molecule has 1 fully saturated rings. The van der Waals surface area contributed by atoms with Gasteiger partial charge in [0.25, 0.3) is 5.91 Å². The van der Waals surface area contributed by atoms with Crippen LogP contribution in [0, 0.1) is 0 Å². The molecule has 0 aliphatic carbocycles. The van der Waals surface area contributed by atoms with Crippen LogP contribution < -0.4 is 15.0 Å². The van der Waals surface area contributed by atoms with E-state index in [1.54, 1.807) is 0 Å². The van der Waals surface area contributed by atoms with E-state index in [-0.39, 0.29) is 6.61 Å². The lowest BCUT2D eigenvalue weighted by Gasteiger charge is -2.28. The molecule has 0 aromatic heterocycles. The van der Waals surface area contributed by atoms with Crippen molar-refractivity contribution in [3.8, 4) is 5.75 Å². The van der Waals surface area contributed by atoms with Gasteiger partial charge in [0.2, 0.25) is 0 Å². The van der Waals surface area contributed by atoms with Crippen molar-refractivity contribution >= 4 is 23.3 Å². The number of carbonyl (C=O) groups is 2. The van der Waals surface area contributed by atoms with Crippen LogP contribution in [-0.4, -0.2) is 50.9 Å². The fourth-order valence-electron chi connectivity index (χ4n) is 3.07. The first-order chi connectivity index (χ1) is 14.5. The number of morpholine rings is 1. The Morgan fingerprint density at radius 3 is 2.37 bits per heavy atom. The molecular weight excluding hydrogens is 384 g/mol. The van der Waals surface area contributed by atoms with Gasteiger partial charge in [-0.1, -0.05) is 19.1 Å². The topological polar surface area (TPSA) is 77.1 Å². The second-order valence-electron chi connectivity index (χ2n) is 7.05. The van der Waals surface area contributed by atoms with Gasteiger partial charge in [-0.15, -0.1) is 0 Å². The largest absolute Gasteiger partial charge is 0.482 e. The van der Waals surface area contributed by atoms with Crippen LogP contribution in [0.2, 0.25) is 0 Å². The van der Waals surface area contributed by atoms with Crippen LogP contribution in [0.5, 0.6) is 5.75 Å². The molecule has 3 rings (SSSR count). The van der Waals surface area contributed by atoms with Crippen molar-refractivity contribution in [2.75, 3.05) is 43.1 Å². The number of hydrogen-bond donors (Lipinski definition) is 1. The van der Waals surface area contributed by atoms with Crippen molar-refractivity contribution in [2.24, 2.45) is 0 Å². The molecule has 30 heavy (non-hydrogen) atoms. The quantitative estimate of drug-likeness (QED) is 0.672. The summed E-state index contributed by atoms with van der Waals surface area (Å²) in [6, 6.07) is 15.1. The molecule has 1 N–H and O–H groups in total. The Morgan fingerprint density at radius 1 is 1.07 bits per heavy atom. The highest BCUT2D eigenvalue weighted by Crippen LogP contribution is 2.19. The first kappa shape index (κ1) is 21.6. The zero-order chi connectivity index (χ0) is 21.3. The fraction of sp³-hybridized carbons (Fsp3) is 0.391. The number of benzene rings is 2. The zero-order valence-electron chi connectivity index (χ0n) is 17.4. The van der Waals surface area contributed by atoms with E-state index in [2.05, 4.69) is 17.1 Å². The number of aryl methyl sites for hydroxylation is 1. The molecule has 0 unspecified atom stereocenters. The number of anilines is 2. The highest BCUT2D eigenvalue weighted by molar-refractivity contribution is 5.95. The van der Waals surface area contributed by atoms with Crippen LogP contribution in [-0.2, 0) is 25.5 Å². The predicted molar refractivity (Wildman–Crippen MR) is 115 cm³/mol. The number of ether oxygens (including phenoxy) is 3. The molecule has 160 valence electrons. The van der Waals surface area contributed by atoms with Gasteiger partial charge in [-0.2, -0.15) is 0 Å². The molecule has 2 aromatic carbocycles. The predicted octanol–water partition coefficient (Wildman–Crippen LogP) is 3.03. The van der Waals surface area contributed by atoms with Gasteiger partial charge in [0.1, 0.15) is 5.75 Å². The molecule has 0 spiro atoms. The average Bonchev–Trinajstić information content (AvgIpc) is 2.79. The minimum absolute atomic E-state index is 0.253. The smallest absolute Gasteiger partial charge is 0.344 e. The number of rotatable bonds is 8. The van der Waals surface area contributed by atoms with Gasteiger partial charge in [0, 0.05) is 24.5 Å². The number of hydrogen-bond acceptors (Lipinski definition) is 6. The third-order valence-electron chi connectivity index (χ3n) is 4.88. The normalized spacial score (nSPS) is 14.7. The molecule has 7 heteroatoms. The lowest BCUT2D eigenvalue weighted by Crippen LogP contribution is -2.36. The summed E-state index contributed by atoms with van der Waals surface area (Å²) < 4.78 is 15.9. The lowest BCUT2D eigenvalue weighted by atomic mass is 10.2. The van der Waals surface area contributed by atoms with E-state index in [1.807, 2.05) is 48.5 Å². The van der Waals surface area contributed by atoms with E-state index in [1.165, 1.54) is 12.5 Å².